The summed E-state index contributed by atoms with van der Waals surface area (Å²) in [6, 6.07) is 13.7. The summed E-state index contributed by atoms with van der Waals surface area (Å²) < 4.78 is 10.2. The second kappa shape index (κ2) is 8.75. The van der Waals surface area contributed by atoms with Crippen molar-refractivity contribution in [2.45, 2.75) is 6.42 Å². The summed E-state index contributed by atoms with van der Waals surface area (Å²) in [4.78, 5) is 38.0. The van der Waals surface area contributed by atoms with Crippen molar-refractivity contribution >= 4 is 40.8 Å². The molecule has 1 aliphatic heterocycles. The molecule has 1 heterocycles. The van der Waals surface area contributed by atoms with Gasteiger partial charge in [0.05, 0.1) is 13.0 Å². The maximum Gasteiger partial charge on any atom is 0.311 e. The molecular weight excluding hydrogens is 384 g/mol. The largest absolute Gasteiger partial charge is 0.497 e. The van der Waals surface area contributed by atoms with Crippen LogP contribution in [0.4, 0.5) is 11.4 Å². The predicted molar refractivity (Wildman–Crippen MR) is 104 cm³/mol. The van der Waals surface area contributed by atoms with Crippen molar-refractivity contribution in [2.75, 3.05) is 30.5 Å². The third kappa shape index (κ3) is 4.80. The second-order valence-corrected chi connectivity index (χ2v) is 6.71. The number of carbonyl (C=O) groups is 3. The molecule has 146 valence electrons. The van der Waals surface area contributed by atoms with Crippen LogP contribution in [0.15, 0.2) is 48.5 Å². The first-order valence-corrected chi connectivity index (χ1v) is 9.00. The third-order valence-electron chi connectivity index (χ3n) is 4.28. The Morgan fingerprint density at radius 2 is 2.00 bits per heavy atom. The Morgan fingerprint density at radius 1 is 1.21 bits per heavy atom. The van der Waals surface area contributed by atoms with Crippen molar-refractivity contribution in [1.29, 1.82) is 0 Å². The quantitative estimate of drug-likeness (QED) is 0.751. The number of amides is 2. The van der Waals surface area contributed by atoms with Crippen LogP contribution in [0.1, 0.15) is 6.42 Å². The van der Waals surface area contributed by atoms with Crippen molar-refractivity contribution in [3.8, 4) is 5.75 Å². The number of benzene rings is 2. The summed E-state index contributed by atoms with van der Waals surface area (Å²) in [5, 5.41) is 3.08. The molecule has 1 saturated heterocycles. The van der Waals surface area contributed by atoms with Gasteiger partial charge in [0.25, 0.3) is 5.91 Å². The monoisotopic (exact) mass is 402 g/mol. The summed E-state index contributed by atoms with van der Waals surface area (Å²) in [5.41, 5.74) is 1.16. The maximum absolute atomic E-state index is 12.3. The van der Waals surface area contributed by atoms with Crippen molar-refractivity contribution < 1.29 is 23.9 Å². The zero-order valence-corrected chi connectivity index (χ0v) is 15.9. The van der Waals surface area contributed by atoms with E-state index in [-0.39, 0.29) is 18.9 Å². The van der Waals surface area contributed by atoms with Gasteiger partial charge in [0.1, 0.15) is 5.75 Å². The van der Waals surface area contributed by atoms with Crippen LogP contribution in [0.2, 0.25) is 5.02 Å². The van der Waals surface area contributed by atoms with Crippen LogP contribution in [0.25, 0.3) is 0 Å². The van der Waals surface area contributed by atoms with Gasteiger partial charge in [0, 0.05) is 35.4 Å². The highest BCUT2D eigenvalue weighted by Gasteiger charge is 2.36. The molecule has 0 bridgehead atoms. The van der Waals surface area contributed by atoms with Crippen LogP contribution in [0, 0.1) is 5.92 Å². The van der Waals surface area contributed by atoms with Gasteiger partial charge < -0.3 is 19.7 Å². The van der Waals surface area contributed by atoms with Crippen LogP contribution >= 0.6 is 11.6 Å². The number of esters is 1. The molecule has 2 amide bonds. The zero-order valence-electron chi connectivity index (χ0n) is 15.2. The molecule has 28 heavy (non-hydrogen) atoms. The number of anilines is 2. The van der Waals surface area contributed by atoms with E-state index in [2.05, 4.69) is 5.32 Å². The molecule has 7 nitrogen and oxygen atoms in total. The highest BCUT2D eigenvalue weighted by atomic mass is 35.5. The first kappa shape index (κ1) is 19.7. The van der Waals surface area contributed by atoms with Gasteiger partial charge in [-0.15, -0.1) is 0 Å². The van der Waals surface area contributed by atoms with Crippen LogP contribution in [0.5, 0.6) is 5.75 Å². The fourth-order valence-electron chi connectivity index (χ4n) is 2.91. The van der Waals surface area contributed by atoms with Crippen molar-refractivity contribution in [3.63, 3.8) is 0 Å². The molecule has 0 unspecified atom stereocenters. The lowest BCUT2D eigenvalue weighted by atomic mass is 10.1. The van der Waals surface area contributed by atoms with Gasteiger partial charge in [-0.1, -0.05) is 23.7 Å². The zero-order chi connectivity index (χ0) is 20.1. The summed E-state index contributed by atoms with van der Waals surface area (Å²) in [6.45, 7) is -0.240. The van der Waals surface area contributed by atoms with Gasteiger partial charge in [-0.25, -0.2) is 0 Å². The predicted octanol–water partition coefficient (Wildman–Crippen LogP) is 2.88. The molecule has 2 aromatic carbocycles. The van der Waals surface area contributed by atoms with Crippen LogP contribution < -0.4 is 15.0 Å². The van der Waals surface area contributed by atoms with Crippen LogP contribution in [0.3, 0.4) is 0 Å². The lowest BCUT2D eigenvalue weighted by Crippen LogP contribution is -2.28. The smallest absolute Gasteiger partial charge is 0.311 e. The Balaban J connectivity index is 1.53. The summed E-state index contributed by atoms with van der Waals surface area (Å²) in [5.74, 6) is -1.25. The van der Waals surface area contributed by atoms with E-state index in [1.807, 2.05) is 0 Å². The van der Waals surface area contributed by atoms with E-state index in [0.717, 1.165) is 0 Å². The molecule has 1 aliphatic rings. The fourth-order valence-corrected chi connectivity index (χ4v) is 3.10. The van der Waals surface area contributed by atoms with Gasteiger partial charge in [0.2, 0.25) is 5.91 Å². The Hall–Kier alpha value is -3.06. The molecule has 1 N–H and O–H groups in total. The van der Waals surface area contributed by atoms with Crippen molar-refractivity contribution in [3.05, 3.63) is 53.6 Å². The van der Waals surface area contributed by atoms with Gasteiger partial charge in [-0.2, -0.15) is 0 Å². The Kier molecular flexibility index (Phi) is 6.16. The molecule has 0 aliphatic carbocycles. The fraction of sp³-hybridized carbons (Fsp3) is 0.250. The average Bonchev–Trinajstić information content (AvgIpc) is 3.08. The number of ether oxygens (including phenoxy) is 2. The Bertz CT molecular complexity index is 902. The highest BCUT2D eigenvalue weighted by Crippen LogP contribution is 2.28. The average molecular weight is 403 g/mol. The van der Waals surface area contributed by atoms with Gasteiger partial charge >= 0.3 is 5.97 Å². The molecule has 2 aromatic rings. The minimum Gasteiger partial charge on any atom is -0.497 e. The number of carbonyl (C=O) groups excluding carboxylic acids is 3. The Labute approximate surface area is 167 Å². The van der Waals surface area contributed by atoms with Gasteiger partial charge in [-0.05, 0) is 30.3 Å². The second-order valence-electron chi connectivity index (χ2n) is 6.27. The topological polar surface area (TPSA) is 84.9 Å². The highest BCUT2D eigenvalue weighted by molar-refractivity contribution is 6.30. The van der Waals surface area contributed by atoms with E-state index in [1.165, 1.54) is 4.90 Å². The normalized spacial score (nSPS) is 16.0. The molecule has 8 heteroatoms. The van der Waals surface area contributed by atoms with Crippen molar-refractivity contribution in [1.82, 2.24) is 0 Å². The first-order valence-electron chi connectivity index (χ1n) is 8.62. The molecule has 0 aromatic heterocycles. The number of methoxy groups -OCH3 is 1. The third-order valence-corrected chi connectivity index (χ3v) is 4.51. The van der Waals surface area contributed by atoms with E-state index < -0.39 is 24.4 Å². The lowest BCUT2D eigenvalue weighted by Gasteiger charge is -2.17. The van der Waals surface area contributed by atoms with E-state index in [1.54, 1.807) is 55.6 Å². The number of rotatable bonds is 6. The molecule has 1 atom stereocenters. The SMILES string of the molecule is COc1cccc(N2C[C@H](C(=O)OCC(=O)Nc3cccc(Cl)c3)CC2=O)c1. The molecule has 0 radical (unpaired) electrons. The van der Waals surface area contributed by atoms with E-state index in [9.17, 15) is 14.4 Å². The van der Waals surface area contributed by atoms with Gasteiger partial charge in [-0.3, -0.25) is 14.4 Å². The van der Waals surface area contributed by atoms with Crippen LogP contribution in [-0.4, -0.2) is 38.0 Å². The number of nitrogens with one attached hydrogen (secondary N) is 1. The maximum atomic E-state index is 12.3. The minimum absolute atomic E-state index is 0.0337. The number of halogens is 1. The lowest BCUT2D eigenvalue weighted by molar-refractivity contribution is -0.151. The Morgan fingerprint density at radius 3 is 2.75 bits per heavy atom. The molecule has 0 saturated carbocycles. The number of hydrogen-bond acceptors (Lipinski definition) is 5. The van der Waals surface area contributed by atoms with E-state index in [4.69, 9.17) is 21.1 Å². The summed E-state index contributed by atoms with van der Waals surface area (Å²) in [7, 11) is 1.54. The molecule has 3 rings (SSSR count). The summed E-state index contributed by atoms with van der Waals surface area (Å²) >= 11 is 5.86. The molecule has 0 spiro atoms. The van der Waals surface area contributed by atoms with E-state index in [0.29, 0.717) is 22.1 Å². The minimum atomic E-state index is -0.627. The van der Waals surface area contributed by atoms with Crippen LogP contribution in [-0.2, 0) is 19.1 Å². The first-order chi connectivity index (χ1) is 13.5. The number of nitrogens with zero attached hydrogens (tertiary/aromatic N) is 1. The molecular formula is C20H19ClN2O5. The van der Waals surface area contributed by atoms with E-state index >= 15 is 0 Å². The molecule has 1 fully saturated rings. The van der Waals surface area contributed by atoms with Gasteiger partial charge in [0.15, 0.2) is 6.61 Å². The standard InChI is InChI=1S/C20H19ClN2O5/c1-27-17-7-3-6-16(10-17)23-11-13(8-19(23)25)20(26)28-12-18(24)22-15-5-2-4-14(21)9-15/h2-7,9-10,13H,8,11-12H2,1H3,(H,22,24)/t13-/m1/s1. The number of hydrogen-bond donors (Lipinski definition) is 1. The van der Waals surface area contributed by atoms with Crippen molar-refractivity contribution in [2.24, 2.45) is 5.92 Å². The summed E-state index contributed by atoms with van der Waals surface area (Å²) in [6.07, 6.45) is 0.0337.